The third-order valence-corrected chi connectivity index (χ3v) is 4.77. The van der Waals surface area contributed by atoms with Gasteiger partial charge < -0.3 is 10.6 Å². The fourth-order valence-corrected chi connectivity index (χ4v) is 3.22. The summed E-state index contributed by atoms with van der Waals surface area (Å²) in [5, 5.41) is 10.6. The van der Waals surface area contributed by atoms with Crippen molar-refractivity contribution in [1.29, 1.82) is 0 Å². The molecule has 1 atom stereocenters. The number of nitrogens with zero attached hydrogens (tertiary/aromatic N) is 2. The van der Waals surface area contributed by atoms with Gasteiger partial charge in [0.15, 0.2) is 5.96 Å². The van der Waals surface area contributed by atoms with Crippen LogP contribution in [0.4, 0.5) is 0 Å². The van der Waals surface area contributed by atoms with Crippen LogP contribution in [0.25, 0.3) is 0 Å². The molecule has 1 aromatic heterocycles. The Hall–Kier alpha value is -1.59. The average molecular weight is 365 g/mol. The van der Waals surface area contributed by atoms with E-state index in [1.807, 2.05) is 24.3 Å². The van der Waals surface area contributed by atoms with Gasteiger partial charge in [-0.3, -0.25) is 4.99 Å². The molecule has 0 amide bonds. The van der Waals surface area contributed by atoms with Crippen LogP contribution in [-0.2, 0) is 12.0 Å². The van der Waals surface area contributed by atoms with Crippen molar-refractivity contribution >= 4 is 28.9 Å². The molecule has 2 N–H and O–H groups in total. The highest BCUT2D eigenvalue weighted by molar-refractivity contribution is 7.09. The van der Waals surface area contributed by atoms with E-state index in [4.69, 9.17) is 16.6 Å². The lowest BCUT2D eigenvalue weighted by Gasteiger charge is -2.18. The summed E-state index contributed by atoms with van der Waals surface area (Å²) in [7, 11) is 1.77. The van der Waals surface area contributed by atoms with Gasteiger partial charge in [-0.2, -0.15) is 0 Å². The van der Waals surface area contributed by atoms with Gasteiger partial charge in [-0.1, -0.05) is 44.5 Å². The van der Waals surface area contributed by atoms with E-state index in [-0.39, 0.29) is 11.5 Å². The molecular weight excluding hydrogens is 340 g/mol. The first-order valence-corrected chi connectivity index (χ1v) is 9.23. The van der Waals surface area contributed by atoms with E-state index in [9.17, 15) is 0 Å². The average Bonchev–Trinajstić information content (AvgIpc) is 3.01. The third kappa shape index (κ3) is 5.21. The number of aromatic nitrogens is 1. The molecule has 6 heteroatoms. The summed E-state index contributed by atoms with van der Waals surface area (Å²) >= 11 is 7.61. The van der Waals surface area contributed by atoms with Crippen molar-refractivity contribution < 1.29 is 0 Å². The van der Waals surface area contributed by atoms with E-state index >= 15 is 0 Å². The number of guanidine groups is 1. The molecule has 0 radical (unpaired) electrons. The Kier molecular flexibility index (Phi) is 6.24. The SMILES string of the molecule is CN=C(NCc1nc(C(C)(C)C)cs1)NC(C)c1ccc(Cl)cc1. The Morgan fingerprint density at radius 3 is 2.50 bits per heavy atom. The normalized spacial score (nSPS) is 13.7. The smallest absolute Gasteiger partial charge is 0.191 e. The zero-order valence-electron chi connectivity index (χ0n) is 14.9. The minimum absolute atomic E-state index is 0.0811. The highest BCUT2D eigenvalue weighted by Gasteiger charge is 2.17. The molecule has 0 aliphatic heterocycles. The number of thiazole rings is 1. The maximum Gasteiger partial charge on any atom is 0.191 e. The second-order valence-electron chi connectivity index (χ2n) is 6.72. The van der Waals surface area contributed by atoms with Gasteiger partial charge in [-0.05, 0) is 24.6 Å². The van der Waals surface area contributed by atoms with Crippen LogP contribution >= 0.6 is 22.9 Å². The lowest BCUT2D eigenvalue weighted by molar-refractivity contribution is 0.570. The fraction of sp³-hybridized carbons (Fsp3) is 0.444. The second kappa shape index (κ2) is 7.99. The Bertz CT molecular complexity index is 686. The van der Waals surface area contributed by atoms with E-state index in [0.717, 1.165) is 27.2 Å². The molecule has 130 valence electrons. The lowest BCUT2D eigenvalue weighted by atomic mass is 9.93. The van der Waals surface area contributed by atoms with Gasteiger partial charge in [0.05, 0.1) is 18.3 Å². The standard InChI is InChI=1S/C18H25ClN4S/c1-12(13-6-8-14(19)9-7-13)22-17(20-5)21-10-16-23-15(11-24-16)18(2,3)4/h6-9,11-12H,10H2,1-5H3,(H2,20,21,22). The molecule has 0 saturated carbocycles. The van der Waals surface area contributed by atoms with E-state index in [1.165, 1.54) is 0 Å². The first-order valence-electron chi connectivity index (χ1n) is 7.97. The number of benzene rings is 1. The summed E-state index contributed by atoms with van der Waals surface area (Å²) in [5.74, 6) is 0.755. The van der Waals surface area contributed by atoms with Crippen LogP contribution in [0.2, 0.25) is 5.02 Å². The summed E-state index contributed by atoms with van der Waals surface area (Å²) in [6.07, 6.45) is 0. The molecule has 0 aliphatic carbocycles. The molecule has 4 nitrogen and oxygen atoms in total. The van der Waals surface area contributed by atoms with Crippen molar-refractivity contribution in [1.82, 2.24) is 15.6 Å². The lowest BCUT2D eigenvalue weighted by Crippen LogP contribution is -2.38. The molecule has 0 fully saturated rings. The van der Waals surface area contributed by atoms with Crippen molar-refractivity contribution in [3.05, 3.63) is 50.9 Å². The van der Waals surface area contributed by atoms with Crippen molar-refractivity contribution in [3.8, 4) is 0 Å². The predicted molar refractivity (Wildman–Crippen MR) is 104 cm³/mol. The Labute approximate surface area is 153 Å². The Morgan fingerprint density at radius 1 is 1.29 bits per heavy atom. The molecule has 2 aromatic rings. The van der Waals surface area contributed by atoms with Crippen molar-refractivity contribution in [3.63, 3.8) is 0 Å². The molecule has 24 heavy (non-hydrogen) atoms. The number of rotatable bonds is 4. The van der Waals surface area contributed by atoms with E-state index in [2.05, 4.69) is 48.7 Å². The summed E-state index contributed by atoms with van der Waals surface area (Å²) in [6.45, 7) is 9.28. The van der Waals surface area contributed by atoms with Crippen LogP contribution in [0, 0.1) is 0 Å². The summed E-state index contributed by atoms with van der Waals surface area (Å²) in [5.41, 5.74) is 2.37. The second-order valence-corrected chi connectivity index (χ2v) is 8.10. The van der Waals surface area contributed by atoms with Crippen molar-refractivity contribution in [2.75, 3.05) is 7.05 Å². The number of halogens is 1. The van der Waals surface area contributed by atoms with E-state index in [1.54, 1.807) is 18.4 Å². The first kappa shape index (κ1) is 18.7. The van der Waals surface area contributed by atoms with Gasteiger partial charge in [0.2, 0.25) is 0 Å². The van der Waals surface area contributed by atoms with Gasteiger partial charge >= 0.3 is 0 Å². The van der Waals surface area contributed by atoms with Crippen molar-refractivity contribution in [2.24, 2.45) is 4.99 Å². The molecule has 1 heterocycles. The van der Waals surface area contributed by atoms with Gasteiger partial charge in [0, 0.05) is 22.9 Å². The molecule has 0 spiro atoms. The van der Waals surface area contributed by atoms with E-state index < -0.39 is 0 Å². The minimum atomic E-state index is 0.0811. The molecular formula is C18H25ClN4S. The molecule has 0 saturated heterocycles. The minimum Gasteiger partial charge on any atom is -0.350 e. The summed E-state index contributed by atoms with van der Waals surface area (Å²) in [6, 6.07) is 7.96. The highest BCUT2D eigenvalue weighted by Crippen LogP contribution is 2.23. The van der Waals surface area contributed by atoms with Gasteiger partial charge in [0.1, 0.15) is 5.01 Å². The van der Waals surface area contributed by atoms with Crippen LogP contribution in [0.5, 0.6) is 0 Å². The summed E-state index contributed by atoms with van der Waals surface area (Å²) < 4.78 is 0. The quantitative estimate of drug-likeness (QED) is 0.619. The highest BCUT2D eigenvalue weighted by atomic mass is 35.5. The monoisotopic (exact) mass is 364 g/mol. The van der Waals surface area contributed by atoms with Crippen LogP contribution in [-0.4, -0.2) is 18.0 Å². The Balaban J connectivity index is 1.93. The number of hydrogen-bond donors (Lipinski definition) is 2. The zero-order valence-corrected chi connectivity index (χ0v) is 16.4. The van der Waals surface area contributed by atoms with Gasteiger partial charge in [-0.15, -0.1) is 11.3 Å². The van der Waals surface area contributed by atoms with E-state index in [0.29, 0.717) is 6.54 Å². The number of aliphatic imine (C=N–C) groups is 1. The first-order chi connectivity index (χ1) is 11.3. The maximum absolute atomic E-state index is 5.94. The number of nitrogens with one attached hydrogen (secondary N) is 2. The fourth-order valence-electron chi connectivity index (χ4n) is 2.13. The maximum atomic E-state index is 5.94. The number of hydrogen-bond acceptors (Lipinski definition) is 3. The third-order valence-electron chi connectivity index (χ3n) is 3.67. The molecule has 1 unspecified atom stereocenters. The zero-order chi connectivity index (χ0) is 17.7. The molecule has 0 aliphatic rings. The van der Waals surface area contributed by atoms with Crippen LogP contribution < -0.4 is 10.6 Å². The van der Waals surface area contributed by atoms with Crippen LogP contribution in [0.15, 0.2) is 34.6 Å². The summed E-state index contributed by atoms with van der Waals surface area (Å²) in [4.78, 5) is 8.98. The van der Waals surface area contributed by atoms with Crippen LogP contribution in [0.1, 0.15) is 50.0 Å². The van der Waals surface area contributed by atoms with Crippen LogP contribution in [0.3, 0.4) is 0 Å². The largest absolute Gasteiger partial charge is 0.350 e. The Morgan fingerprint density at radius 2 is 1.96 bits per heavy atom. The topological polar surface area (TPSA) is 49.3 Å². The van der Waals surface area contributed by atoms with Gasteiger partial charge in [0.25, 0.3) is 0 Å². The van der Waals surface area contributed by atoms with Crippen molar-refractivity contribution in [2.45, 2.75) is 45.7 Å². The predicted octanol–water partition coefficient (Wildman–Crippen LogP) is 4.52. The van der Waals surface area contributed by atoms with Gasteiger partial charge in [-0.25, -0.2) is 4.98 Å². The molecule has 1 aromatic carbocycles. The molecule has 0 bridgehead atoms. The molecule has 2 rings (SSSR count).